The molecular weight excluding hydrogens is 413 g/mol. The van der Waals surface area contributed by atoms with Gasteiger partial charge in [0.05, 0.1) is 4.91 Å². The van der Waals surface area contributed by atoms with Gasteiger partial charge in [0.25, 0.3) is 11.1 Å². The van der Waals surface area contributed by atoms with Crippen molar-refractivity contribution >= 4 is 64.0 Å². The number of carbonyl (C=O) groups excluding carboxylic acids is 4. The summed E-state index contributed by atoms with van der Waals surface area (Å²) in [5.41, 5.74) is 0.573. The maximum atomic E-state index is 12.4. The van der Waals surface area contributed by atoms with Crippen LogP contribution in [0.25, 0.3) is 6.08 Å². The van der Waals surface area contributed by atoms with Crippen LogP contribution < -0.4 is 10.6 Å². The quantitative estimate of drug-likeness (QED) is 0.677. The smallest absolute Gasteiger partial charge is 0.293 e. The fraction of sp³-hybridized carbons (Fsp3) is 0.294. The molecule has 10 heteroatoms. The second kappa shape index (κ2) is 9.25. The van der Waals surface area contributed by atoms with E-state index in [0.29, 0.717) is 15.6 Å². The molecule has 1 aliphatic rings. The summed E-state index contributed by atoms with van der Waals surface area (Å²) >= 11 is 12.7. The number of nitrogens with one attached hydrogen (secondary N) is 2. The van der Waals surface area contributed by atoms with Crippen LogP contribution in [0, 0.1) is 0 Å². The Morgan fingerprint density at radius 1 is 1.30 bits per heavy atom. The van der Waals surface area contributed by atoms with E-state index >= 15 is 0 Å². The highest BCUT2D eigenvalue weighted by atomic mass is 35.5. The third kappa shape index (κ3) is 5.72. The Morgan fingerprint density at radius 3 is 2.63 bits per heavy atom. The average Bonchev–Trinajstić information content (AvgIpc) is 2.84. The lowest BCUT2D eigenvalue weighted by molar-refractivity contribution is -0.127. The number of halogens is 2. The Bertz CT molecular complexity index is 828. The van der Waals surface area contributed by atoms with E-state index < -0.39 is 23.1 Å². The third-order valence-electron chi connectivity index (χ3n) is 3.57. The fourth-order valence-electron chi connectivity index (χ4n) is 2.27. The molecule has 1 aromatic carbocycles. The molecule has 4 amide bonds. The molecule has 0 radical (unpaired) electrons. The number of benzene rings is 1. The van der Waals surface area contributed by atoms with Crippen LogP contribution in [0.4, 0.5) is 4.79 Å². The van der Waals surface area contributed by atoms with Crippen molar-refractivity contribution in [3.8, 4) is 0 Å². The van der Waals surface area contributed by atoms with E-state index in [4.69, 9.17) is 23.2 Å². The lowest BCUT2D eigenvalue weighted by Gasteiger charge is -2.15. The number of hydrogen-bond donors (Lipinski definition) is 2. The third-order valence-corrected chi connectivity index (χ3v) is 5.04. The van der Waals surface area contributed by atoms with Gasteiger partial charge in [-0.2, -0.15) is 0 Å². The first-order valence-corrected chi connectivity index (χ1v) is 9.51. The lowest BCUT2D eigenvalue weighted by Crippen LogP contribution is -2.46. The number of thioether (sulfide) groups is 1. The molecule has 2 rings (SSSR count). The second-order valence-corrected chi connectivity index (χ2v) is 7.55. The summed E-state index contributed by atoms with van der Waals surface area (Å²) in [7, 11) is 0. The molecule has 1 unspecified atom stereocenters. The highest BCUT2D eigenvalue weighted by Gasteiger charge is 2.34. The summed E-state index contributed by atoms with van der Waals surface area (Å²) in [6.07, 6.45) is 1.53. The predicted molar refractivity (Wildman–Crippen MR) is 105 cm³/mol. The monoisotopic (exact) mass is 429 g/mol. The van der Waals surface area contributed by atoms with E-state index in [9.17, 15) is 19.2 Å². The Morgan fingerprint density at radius 2 is 2.00 bits per heavy atom. The van der Waals surface area contributed by atoms with Gasteiger partial charge in [0.2, 0.25) is 11.8 Å². The molecule has 1 heterocycles. The molecule has 1 atom stereocenters. The van der Waals surface area contributed by atoms with Gasteiger partial charge in [-0.1, -0.05) is 29.3 Å². The molecule has 144 valence electrons. The fourth-order valence-corrected chi connectivity index (χ4v) is 3.59. The first kappa shape index (κ1) is 21.3. The van der Waals surface area contributed by atoms with Crippen molar-refractivity contribution in [1.29, 1.82) is 0 Å². The van der Waals surface area contributed by atoms with Gasteiger partial charge in [0, 0.05) is 30.1 Å². The van der Waals surface area contributed by atoms with Crippen molar-refractivity contribution in [3.63, 3.8) is 0 Å². The lowest BCUT2D eigenvalue weighted by atomic mass is 10.2. The van der Waals surface area contributed by atoms with Gasteiger partial charge in [0.1, 0.15) is 6.04 Å². The minimum Gasteiger partial charge on any atom is -0.353 e. The zero-order chi connectivity index (χ0) is 20.1. The van der Waals surface area contributed by atoms with Crippen LogP contribution >= 0.6 is 35.0 Å². The van der Waals surface area contributed by atoms with E-state index in [-0.39, 0.29) is 23.9 Å². The maximum Gasteiger partial charge on any atom is 0.293 e. The van der Waals surface area contributed by atoms with Crippen LogP contribution in [-0.4, -0.2) is 47.0 Å². The zero-order valence-electron chi connectivity index (χ0n) is 14.5. The average molecular weight is 430 g/mol. The SMILES string of the molecule is CC(=O)NC(C)C(=O)NCCN1C(=O)S/C(=C\c2ccc(Cl)cc2Cl)C1=O. The normalized spacial score (nSPS) is 16.6. The van der Waals surface area contributed by atoms with Crippen LogP contribution in [0.2, 0.25) is 10.0 Å². The summed E-state index contributed by atoms with van der Waals surface area (Å²) in [5, 5.41) is 5.43. The minimum atomic E-state index is -0.704. The van der Waals surface area contributed by atoms with Crippen LogP contribution in [-0.2, 0) is 14.4 Å². The first-order valence-electron chi connectivity index (χ1n) is 7.94. The Balaban J connectivity index is 1.97. The molecule has 0 saturated carbocycles. The van der Waals surface area contributed by atoms with Crippen molar-refractivity contribution in [2.75, 3.05) is 13.1 Å². The zero-order valence-corrected chi connectivity index (χ0v) is 16.9. The largest absolute Gasteiger partial charge is 0.353 e. The molecule has 1 aliphatic heterocycles. The minimum absolute atomic E-state index is 0.0227. The highest BCUT2D eigenvalue weighted by molar-refractivity contribution is 8.18. The van der Waals surface area contributed by atoms with Gasteiger partial charge in [0.15, 0.2) is 0 Å². The molecule has 0 aromatic heterocycles. The number of hydrogen-bond acceptors (Lipinski definition) is 5. The standard InChI is InChI=1S/C17H17Cl2N3O4S/c1-9(21-10(2)23)15(24)20-5-6-22-16(25)14(27-17(22)26)7-11-3-4-12(18)8-13(11)19/h3-4,7-9H,5-6H2,1-2H3,(H,20,24)(H,21,23)/b14-7-. The molecule has 1 fully saturated rings. The van der Waals surface area contributed by atoms with E-state index in [1.165, 1.54) is 19.9 Å². The van der Waals surface area contributed by atoms with Crippen LogP contribution in [0.3, 0.4) is 0 Å². The topological polar surface area (TPSA) is 95.6 Å². The first-order chi connectivity index (χ1) is 12.7. The molecule has 0 aliphatic carbocycles. The van der Waals surface area contributed by atoms with Crippen LogP contribution in [0.5, 0.6) is 0 Å². The summed E-state index contributed by atoms with van der Waals surface area (Å²) in [4.78, 5) is 48.6. The molecule has 1 saturated heterocycles. The van der Waals surface area contributed by atoms with Crippen molar-refractivity contribution in [3.05, 3.63) is 38.7 Å². The van der Waals surface area contributed by atoms with E-state index in [0.717, 1.165) is 16.7 Å². The molecule has 0 bridgehead atoms. The Kier molecular flexibility index (Phi) is 7.29. The van der Waals surface area contributed by atoms with Crippen molar-refractivity contribution < 1.29 is 19.2 Å². The Labute approximate surface area is 170 Å². The number of rotatable bonds is 6. The summed E-state index contributed by atoms with van der Waals surface area (Å²) < 4.78 is 0. The van der Waals surface area contributed by atoms with E-state index in [1.807, 2.05) is 0 Å². The van der Waals surface area contributed by atoms with Gasteiger partial charge in [-0.3, -0.25) is 24.1 Å². The summed E-state index contributed by atoms with van der Waals surface area (Å²) in [6, 6.07) is 4.13. The molecule has 2 N–H and O–H groups in total. The second-order valence-electron chi connectivity index (χ2n) is 5.71. The molecule has 27 heavy (non-hydrogen) atoms. The highest BCUT2D eigenvalue weighted by Crippen LogP contribution is 2.33. The van der Waals surface area contributed by atoms with Gasteiger partial charge >= 0.3 is 0 Å². The van der Waals surface area contributed by atoms with E-state index in [1.54, 1.807) is 18.2 Å². The molecule has 1 aromatic rings. The number of carbonyl (C=O) groups is 4. The van der Waals surface area contributed by atoms with Crippen molar-refractivity contribution in [2.24, 2.45) is 0 Å². The molecular formula is C17H17Cl2N3O4S. The maximum absolute atomic E-state index is 12.4. The number of imide groups is 1. The molecule has 7 nitrogen and oxygen atoms in total. The van der Waals surface area contributed by atoms with E-state index in [2.05, 4.69) is 10.6 Å². The van der Waals surface area contributed by atoms with Gasteiger partial charge in [-0.05, 0) is 42.5 Å². The predicted octanol–water partition coefficient (Wildman–Crippen LogP) is 2.67. The Hall–Kier alpha value is -2.03. The molecule has 0 spiro atoms. The van der Waals surface area contributed by atoms with Gasteiger partial charge in [-0.25, -0.2) is 0 Å². The number of nitrogens with zero attached hydrogens (tertiary/aromatic N) is 1. The summed E-state index contributed by atoms with van der Waals surface area (Å²) in [5.74, 6) is -1.18. The number of amides is 4. The van der Waals surface area contributed by atoms with Crippen molar-refractivity contribution in [1.82, 2.24) is 15.5 Å². The van der Waals surface area contributed by atoms with Crippen LogP contribution in [0.15, 0.2) is 23.1 Å². The van der Waals surface area contributed by atoms with Crippen LogP contribution in [0.1, 0.15) is 19.4 Å². The summed E-state index contributed by atoms with van der Waals surface area (Å²) in [6.45, 7) is 2.95. The van der Waals surface area contributed by atoms with Gasteiger partial charge in [-0.15, -0.1) is 0 Å². The van der Waals surface area contributed by atoms with Gasteiger partial charge < -0.3 is 10.6 Å². The van der Waals surface area contributed by atoms with Crippen molar-refractivity contribution in [2.45, 2.75) is 19.9 Å².